The van der Waals surface area contributed by atoms with Crippen LogP contribution in [0.2, 0.25) is 0 Å². The van der Waals surface area contributed by atoms with E-state index < -0.39 is 0 Å². The van der Waals surface area contributed by atoms with Crippen LogP contribution in [0.15, 0.2) is 30.3 Å². The van der Waals surface area contributed by atoms with Crippen LogP contribution in [-0.2, 0) is 16.0 Å². The lowest BCUT2D eigenvalue weighted by Crippen LogP contribution is -2.32. The zero-order chi connectivity index (χ0) is 18.0. The van der Waals surface area contributed by atoms with Crippen molar-refractivity contribution >= 4 is 16.9 Å². The summed E-state index contributed by atoms with van der Waals surface area (Å²) in [5.74, 6) is -0.233. The van der Waals surface area contributed by atoms with Crippen molar-refractivity contribution in [3.63, 3.8) is 0 Å². The second-order valence-electron chi connectivity index (χ2n) is 7.86. The highest BCUT2D eigenvalue weighted by Gasteiger charge is 2.41. The number of carbonyl (C=O) groups excluding carboxylic acids is 1. The van der Waals surface area contributed by atoms with Gasteiger partial charge in [-0.3, -0.25) is 0 Å². The molecule has 1 aliphatic carbocycles. The average molecular weight is 355 g/mol. The molecule has 0 bridgehead atoms. The Hall–Kier alpha value is -1.81. The van der Waals surface area contributed by atoms with Crippen molar-refractivity contribution in [2.24, 2.45) is 0 Å². The van der Waals surface area contributed by atoms with E-state index >= 15 is 0 Å². The summed E-state index contributed by atoms with van der Waals surface area (Å²) in [6, 6.07) is 10.1. The molecule has 0 amide bonds. The third-order valence-electron chi connectivity index (χ3n) is 5.97. The maximum absolute atomic E-state index is 12.7. The van der Waals surface area contributed by atoms with Gasteiger partial charge in [-0.05, 0) is 44.2 Å². The van der Waals surface area contributed by atoms with Crippen molar-refractivity contribution < 1.29 is 14.3 Å². The van der Waals surface area contributed by atoms with Crippen LogP contribution in [0, 0.1) is 0 Å². The van der Waals surface area contributed by atoms with E-state index in [1.54, 1.807) is 0 Å². The monoisotopic (exact) mass is 355 g/mol. The summed E-state index contributed by atoms with van der Waals surface area (Å²) >= 11 is 0. The van der Waals surface area contributed by atoms with Gasteiger partial charge in [0, 0.05) is 17.4 Å². The highest BCUT2D eigenvalue weighted by atomic mass is 16.6. The Morgan fingerprint density at radius 1 is 1.23 bits per heavy atom. The van der Waals surface area contributed by atoms with Crippen LogP contribution in [0.4, 0.5) is 0 Å². The SMILES string of the molecule is CCCn1c(C(=O)OCC2CCC3(CCCCC3)O2)cc2ccccc21. The van der Waals surface area contributed by atoms with Gasteiger partial charge in [0.1, 0.15) is 12.3 Å². The Kier molecular flexibility index (Phi) is 5.03. The molecule has 140 valence electrons. The minimum atomic E-state index is -0.233. The van der Waals surface area contributed by atoms with Crippen LogP contribution in [0.25, 0.3) is 10.9 Å². The van der Waals surface area contributed by atoms with Crippen LogP contribution in [0.3, 0.4) is 0 Å². The Bertz CT molecular complexity index is 773. The number of rotatable bonds is 5. The van der Waals surface area contributed by atoms with E-state index in [2.05, 4.69) is 17.6 Å². The molecule has 1 aromatic heterocycles. The van der Waals surface area contributed by atoms with E-state index in [0.717, 1.165) is 36.7 Å². The number of para-hydroxylation sites is 1. The predicted molar refractivity (Wildman–Crippen MR) is 102 cm³/mol. The molecule has 1 spiro atoms. The molecular formula is C22H29NO3. The van der Waals surface area contributed by atoms with E-state index in [-0.39, 0.29) is 17.7 Å². The number of aromatic nitrogens is 1. The summed E-state index contributed by atoms with van der Waals surface area (Å²) in [7, 11) is 0. The largest absolute Gasteiger partial charge is 0.458 e. The average Bonchev–Trinajstić information content (AvgIpc) is 3.23. The molecule has 2 heterocycles. The van der Waals surface area contributed by atoms with Gasteiger partial charge in [-0.1, -0.05) is 44.4 Å². The Balaban J connectivity index is 1.42. The summed E-state index contributed by atoms with van der Waals surface area (Å²) in [6.07, 6.45) is 9.36. The fraction of sp³-hybridized carbons (Fsp3) is 0.591. The number of aryl methyl sites for hydroxylation is 1. The van der Waals surface area contributed by atoms with Crippen molar-refractivity contribution in [2.45, 2.75) is 76.5 Å². The maximum atomic E-state index is 12.7. The first-order valence-electron chi connectivity index (χ1n) is 10.1. The standard InChI is InChI=1S/C22H29NO3/c1-2-14-23-19-9-5-4-8-17(19)15-20(23)21(24)25-16-18-10-13-22(26-18)11-6-3-7-12-22/h4-5,8-9,15,18H,2-3,6-7,10-14,16H2,1H3. The van der Waals surface area contributed by atoms with Crippen molar-refractivity contribution in [3.8, 4) is 0 Å². The van der Waals surface area contributed by atoms with Crippen molar-refractivity contribution in [3.05, 3.63) is 36.0 Å². The topological polar surface area (TPSA) is 40.5 Å². The second-order valence-corrected chi connectivity index (χ2v) is 7.86. The number of fused-ring (bicyclic) bond motifs is 1. The van der Waals surface area contributed by atoms with Crippen LogP contribution < -0.4 is 0 Å². The number of ether oxygens (including phenoxy) is 2. The number of carbonyl (C=O) groups is 1. The highest BCUT2D eigenvalue weighted by Crippen LogP contribution is 2.41. The van der Waals surface area contributed by atoms with Gasteiger partial charge in [-0.15, -0.1) is 0 Å². The molecule has 1 unspecified atom stereocenters. The Morgan fingerprint density at radius 3 is 2.85 bits per heavy atom. The minimum Gasteiger partial charge on any atom is -0.458 e. The third-order valence-corrected chi connectivity index (χ3v) is 5.97. The fourth-order valence-corrected chi connectivity index (χ4v) is 4.66. The third kappa shape index (κ3) is 3.39. The van der Waals surface area contributed by atoms with Crippen LogP contribution in [-0.4, -0.2) is 28.8 Å². The minimum absolute atomic E-state index is 0.0565. The normalized spacial score (nSPS) is 22.1. The first-order chi connectivity index (χ1) is 12.7. The van der Waals surface area contributed by atoms with Gasteiger partial charge in [0.15, 0.2) is 0 Å². The molecule has 1 aliphatic heterocycles. The summed E-state index contributed by atoms with van der Waals surface area (Å²) in [5, 5.41) is 1.09. The summed E-state index contributed by atoms with van der Waals surface area (Å²) in [4.78, 5) is 12.7. The molecule has 4 rings (SSSR count). The molecule has 2 aromatic rings. The molecule has 1 aromatic carbocycles. The Labute approximate surface area is 155 Å². The van der Waals surface area contributed by atoms with Crippen molar-refractivity contribution in [1.82, 2.24) is 4.57 Å². The molecular weight excluding hydrogens is 326 g/mol. The molecule has 2 fully saturated rings. The van der Waals surface area contributed by atoms with Gasteiger partial charge >= 0.3 is 5.97 Å². The number of benzene rings is 1. The molecule has 2 aliphatic rings. The lowest BCUT2D eigenvalue weighted by Gasteiger charge is -2.33. The van der Waals surface area contributed by atoms with Crippen molar-refractivity contribution in [1.29, 1.82) is 0 Å². The van der Waals surface area contributed by atoms with Gasteiger partial charge in [0.25, 0.3) is 0 Å². The van der Waals surface area contributed by atoms with Gasteiger partial charge < -0.3 is 14.0 Å². The van der Waals surface area contributed by atoms with Gasteiger partial charge in [0.2, 0.25) is 0 Å². The lowest BCUT2D eigenvalue weighted by molar-refractivity contribution is -0.0811. The Morgan fingerprint density at radius 2 is 2.04 bits per heavy atom. The van der Waals surface area contributed by atoms with Gasteiger partial charge in [0.05, 0.1) is 11.7 Å². The maximum Gasteiger partial charge on any atom is 0.355 e. The summed E-state index contributed by atoms with van der Waals surface area (Å²) < 4.78 is 14.1. The first-order valence-corrected chi connectivity index (χ1v) is 10.1. The highest BCUT2D eigenvalue weighted by molar-refractivity contribution is 5.95. The van der Waals surface area contributed by atoms with E-state index in [4.69, 9.17) is 9.47 Å². The second kappa shape index (κ2) is 7.43. The number of hydrogen-bond donors (Lipinski definition) is 0. The molecule has 26 heavy (non-hydrogen) atoms. The molecule has 0 radical (unpaired) electrons. The lowest BCUT2D eigenvalue weighted by atomic mass is 9.83. The van der Waals surface area contributed by atoms with E-state index in [0.29, 0.717) is 12.3 Å². The van der Waals surface area contributed by atoms with E-state index in [1.165, 1.54) is 32.1 Å². The predicted octanol–water partition coefficient (Wildman–Crippen LogP) is 5.09. The smallest absolute Gasteiger partial charge is 0.355 e. The van der Waals surface area contributed by atoms with Gasteiger partial charge in [-0.25, -0.2) is 4.79 Å². The quantitative estimate of drug-likeness (QED) is 0.701. The molecule has 0 N–H and O–H groups in total. The molecule has 1 saturated heterocycles. The molecule has 4 heteroatoms. The number of hydrogen-bond acceptors (Lipinski definition) is 3. The zero-order valence-corrected chi connectivity index (χ0v) is 15.7. The van der Waals surface area contributed by atoms with Gasteiger partial charge in [-0.2, -0.15) is 0 Å². The first kappa shape index (κ1) is 17.6. The number of nitrogens with zero attached hydrogens (tertiary/aromatic N) is 1. The van der Waals surface area contributed by atoms with Crippen LogP contribution in [0.5, 0.6) is 0 Å². The van der Waals surface area contributed by atoms with E-state index in [9.17, 15) is 4.79 Å². The molecule has 1 atom stereocenters. The van der Waals surface area contributed by atoms with Crippen molar-refractivity contribution in [2.75, 3.05) is 6.61 Å². The molecule has 4 nitrogen and oxygen atoms in total. The summed E-state index contributed by atoms with van der Waals surface area (Å²) in [6.45, 7) is 3.31. The van der Waals surface area contributed by atoms with E-state index in [1.807, 2.05) is 24.3 Å². The summed E-state index contributed by atoms with van der Waals surface area (Å²) in [5.41, 5.74) is 1.82. The van der Waals surface area contributed by atoms with Crippen LogP contribution >= 0.6 is 0 Å². The number of esters is 1. The molecule has 1 saturated carbocycles. The van der Waals surface area contributed by atoms with Crippen LogP contribution in [0.1, 0.15) is 68.8 Å². The fourth-order valence-electron chi connectivity index (χ4n) is 4.66. The zero-order valence-electron chi connectivity index (χ0n) is 15.7.